The summed E-state index contributed by atoms with van der Waals surface area (Å²) in [6.45, 7) is 7.72. The number of carbonyl (C=O) groups excluding carboxylic acids is 1. The highest BCUT2D eigenvalue weighted by Crippen LogP contribution is 2.22. The van der Waals surface area contributed by atoms with Crippen LogP contribution in [0.1, 0.15) is 43.9 Å². The van der Waals surface area contributed by atoms with Crippen LogP contribution >= 0.6 is 0 Å². The molecule has 1 aliphatic heterocycles. The molecule has 116 valence electrons. The minimum atomic E-state index is -0.451. The maximum absolute atomic E-state index is 12.3. The third kappa shape index (κ3) is 4.46. The topological polar surface area (TPSA) is 55.6 Å². The summed E-state index contributed by atoms with van der Waals surface area (Å²) in [7, 11) is 0. The average Bonchev–Trinajstić information content (AvgIpc) is 2.59. The molecule has 4 heteroatoms. The van der Waals surface area contributed by atoms with Gasteiger partial charge in [-0.05, 0) is 63.3 Å². The molecule has 1 aromatic rings. The number of fused-ring (bicyclic) bond motifs is 1. The van der Waals surface area contributed by atoms with E-state index in [2.05, 4.69) is 18.2 Å². The van der Waals surface area contributed by atoms with E-state index in [1.54, 1.807) is 0 Å². The summed E-state index contributed by atoms with van der Waals surface area (Å²) in [6, 6.07) is 6.51. The molecule has 0 bridgehead atoms. The molecule has 0 unspecified atom stereocenters. The molecule has 2 rings (SSSR count). The number of benzene rings is 1. The van der Waals surface area contributed by atoms with Crippen molar-refractivity contribution in [3.8, 4) is 0 Å². The van der Waals surface area contributed by atoms with E-state index in [0.29, 0.717) is 13.1 Å². The molecule has 0 saturated heterocycles. The van der Waals surface area contributed by atoms with Crippen LogP contribution in [-0.4, -0.2) is 29.7 Å². The quantitative estimate of drug-likeness (QED) is 0.911. The Hall–Kier alpha value is -1.55. The van der Waals surface area contributed by atoms with Crippen LogP contribution in [0.15, 0.2) is 18.2 Å². The number of rotatable bonds is 2. The first-order valence-corrected chi connectivity index (χ1v) is 7.68. The zero-order valence-corrected chi connectivity index (χ0v) is 13.3. The highest BCUT2D eigenvalue weighted by molar-refractivity contribution is 5.68. The van der Waals surface area contributed by atoms with E-state index in [0.717, 1.165) is 25.8 Å². The normalized spacial score (nSPS) is 15.3. The summed E-state index contributed by atoms with van der Waals surface area (Å²) >= 11 is 0. The fourth-order valence-corrected chi connectivity index (χ4v) is 2.62. The molecule has 0 saturated carbocycles. The van der Waals surface area contributed by atoms with Gasteiger partial charge >= 0.3 is 6.09 Å². The van der Waals surface area contributed by atoms with Gasteiger partial charge in [0.1, 0.15) is 5.60 Å². The number of nitrogens with zero attached hydrogens (tertiary/aromatic N) is 1. The van der Waals surface area contributed by atoms with Crippen molar-refractivity contribution in [3.05, 3.63) is 34.9 Å². The van der Waals surface area contributed by atoms with Gasteiger partial charge in [-0.2, -0.15) is 0 Å². The lowest BCUT2D eigenvalue weighted by atomic mass is 10.00. The predicted octanol–water partition coefficient (Wildman–Crippen LogP) is 2.87. The van der Waals surface area contributed by atoms with Crippen molar-refractivity contribution in [2.24, 2.45) is 5.73 Å². The van der Waals surface area contributed by atoms with Crippen LogP contribution in [0.3, 0.4) is 0 Å². The van der Waals surface area contributed by atoms with E-state index in [1.165, 1.54) is 16.7 Å². The highest BCUT2D eigenvalue weighted by atomic mass is 16.6. The van der Waals surface area contributed by atoms with E-state index >= 15 is 0 Å². The lowest BCUT2D eigenvalue weighted by molar-refractivity contribution is 0.0237. The predicted molar refractivity (Wildman–Crippen MR) is 84.2 cm³/mol. The molecule has 1 aliphatic rings. The van der Waals surface area contributed by atoms with Crippen LogP contribution in [0.5, 0.6) is 0 Å². The van der Waals surface area contributed by atoms with Gasteiger partial charge in [0.05, 0.1) is 0 Å². The van der Waals surface area contributed by atoms with Gasteiger partial charge in [-0.3, -0.25) is 0 Å². The molecule has 1 aromatic carbocycles. The summed E-state index contributed by atoms with van der Waals surface area (Å²) in [6.07, 6.45) is 2.64. The molecule has 0 atom stereocenters. The van der Waals surface area contributed by atoms with Gasteiger partial charge in [0.15, 0.2) is 0 Å². The number of ether oxygens (including phenoxy) is 1. The first kappa shape index (κ1) is 15.8. The summed E-state index contributed by atoms with van der Waals surface area (Å²) in [5.41, 5.74) is 8.98. The number of hydrogen-bond acceptors (Lipinski definition) is 3. The molecule has 0 spiro atoms. The Bertz CT molecular complexity index is 506. The molecule has 4 nitrogen and oxygen atoms in total. The SMILES string of the molecule is CC(C)(C)OC(=O)N1CCCc2ccc(CCN)cc2C1. The standard InChI is InChI=1S/C17H26N2O2/c1-17(2,3)21-16(20)19-10-4-5-14-7-6-13(8-9-18)11-15(14)12-19/h6-7,11H,4-5,8-10,12,18H2,1-3H3. The van der Waals surface area contributed by atoms with Crippen molar-refractivity contribution < 1.29 is 9.53 Å². The molecule has 0 radical (unpaired) electrons. The van der Waals surface area contributed by atoms with Crippen molar-refractivity contribution in [1.82, 2.24) is 4.90 Å². The van der Waals surface area contributed by atoms with Crippen LogP contribution in [-0.2, 0) is 24.1 Å². The minimum Gasteiger partial charge on any atom is -0.444 e. The Kier molecular flexibility index (Phi) is 4.88. The van der Waals surface area contributed by atoms with E-state index in [-0.39, 0.29) is 6.09 Å². The van der Waals surface area contributed by atoms with Crippen LogP contribution < -0.4 is 5.73 Å². The highest BCUT2D eigenvalue weighted by Gasteiger charge is 2.24. The van der Waals surface area contributed by atoms with Crippen LogP contribution in [0, 0.1) is 0 Å². The summed E-state index contributed by atoms with van der Waals surface area (Å²) in [5, 5.41) is 0. The molecule has 0 fully saturated rings. The van der Waals surface area contributed by atoms with Gasteiger partial charge in [-0.1, -0.05) is 18.2 Å². The van der Waals surface area contributed by atoms with Crippen LogP contribution in [0.4, 0.5) is 4.79 Å². The molecule has 0 aromatic heterocycles. The van der Waals surface area contributed by atoms with Crippen LogP contribution in [0.25, 0.3) is 0 Å². The lowest BCUT2D eigenvalue weighted by Crippen LogP contribution is -2.36. The Morgan fingerprint density at radius 3 is 2.76 bits per heavy atom. The van der Waals surface area contributed by atoms with Gasteiger partial charge in [0, 0.05) is 13.1 Å². The van der Waals surface area contributed by atoms with Gasteiger partial charge in [0.2, 0.25) is 0 Å². The van der Waals surface area contributed by atoms with Gasteiger partial charge in [-0.15, -0.1) is 0 Å². The van der Waals surface area contributed by atoms with E-state index < -0.39 is 5.60 Å². The summed E-state index contributed by atoms with van der Waals surface area (Å²) in [5.74, 6) is 0. The zero-order valence-electron chi connectivity index (χ0n) is 13.3. The van der Waals surface area contributed by atoms with Gasteiger partial charge in [-0.25, -0.2) is 4.79 Å². The Morgan fingerprint density at radius 1 is 1.33 bits per heavy atom. The molecule has 0 aliphatic carbocycles. The van der Waals surface area contributed by atoms with Crippen LogP contribution in [0.2, 0.25) is 0 Å². The third-order valence-electron chi connectivity index (χ3n) is 3.59. The van der Waals surface area contributed by atoms with Gasteiger partial charge in [0.25, 0.3) is 0 Å². The second-order valence-corrected chi connectivity index (χ2v) is 6.65. The first-order chi connectivity index (χ1) is 9.89. The second-order valence-electron chi connectivity index (χ2n) is 6.65. The molecular formula is C17H26N2O2. The van der Waals surface area contributed by atoms with Crippen molar-refractivity contribution in [2.45, 2.75) is 52.2 Å². The smallest absolute Gasteiger partial charge is 0.410 e. The number of carbonyl (C=O) groups is 1. The molecule has 1 heterocycles. The lowest BCUT2D eigenvalue weighted by Gasteiger charge is -2.26. The largest absolute Gasteiger partial charge is 0.444 e. The van der Waals surface area contributed by atoms with Crippen molar-refractivity contribution >= 4 is 6.09 Å². The molecule has 1 amide bonds. The molecule has 21 heavy (non-hydrogen) atoms. The third-order valence-corrected chi connectivity index (χ3v) is 3.59. The van der Waals surface area contributed by atoms with Gasteiger partial charge < -0.3 is 15.4 Å². The average molecular weight is 290 g/mol. The Balaban J connectivity index is 2.15. The fraction of sp³-hybridized carbons (Fsp3) is 0.588. The fourth-order valence-electron chi connectivity index (χ4n) is 2.62. The summed E-state index contributed by atoms with van der Waals surface area (Å²) < 4.78 is 5.49. The monoisotopic (exact) mass is 290 g/mol. The number of aryl methyl sites for hydroxylation is 1. The molecular weight excluding hydrogens is 264 g/mol. The van der Waals surface area contributed by atoms with E-state index in [4.69, 9.17) is 10.5 Å². The van der Waals surface area contributed by atoms with Crippen molar-refractivity contribution in [2.75, 3.05) is 13.1 Å². The Morgan fingerprint density at radius 2 is 2.10 bits per heavy atom. The van der Waals surface area contributed by atoms with Crippen molar-refractivity contribution in [1.29, 1.82) is 0 Å². The number of amides is 1. The zero-order chi connectivity index (χ0) is 15.5. The number of nitrogens with two attached hydrogens (primary N) is 1. The second kappa shape index (κ2) is 6.48. The maximum Gasteiger partial charge on any atom is 0.410 e. The molecule has 2 N–H and O–H groups in total. The van der Waals surface area contributed by atoms with Crippen molar-refractivity contribution in [3.63, 3.8) is 0 Å². The Labute approximate surface area is 127 Å². The number of hydrogen-bond donors (Lipinski definition) is 1. The minimum absolute atomic E-state index is 0.223. The van der Waals surface area contributed by atoms with E-state index in [9.17, 15) is 4.79 Å². The summed E-state index contributed by atoms with van der Waals surface area (Å²) in [4.78, 5) is 14.1. The van der Waals surface area contributed by atoms with E-state index in [1.807, 2.05) is 25.7 Å². The first-order valence-electron chi connectivity index (χ1n) is 7.68. The maximum atomic E-state index is 12.3.